The average molecular weight is 228 g/mol. The fraction of sp³-hybridized carbons (Fsp3) is 0.500. The molecule has 0 saturated carbocycles. The van der Waals surface area contributed by atoms with Gasteiger partial charge in [-0.3, -0.25) is 0 Å². The zero-order chi connectivity index (χ0) is 10.1. The van der Waals surface area contributed by atoms with Gasteiger partial charge < -0.3 is 0 Å². The first-order valence-corrected chi connectivity index (χ1v) is 5.22. The van der Waals surface area contributed by atoms with Crippen LogP contribution in [0.2, 0.25) is 0 Å². The summed E-state index contributed by atoms with van der Waals surface area (Å²) < 4.78 is 0. The largest absolute Gasteiger partial charge is 0.236 e. The highest BCUT2D eigenvalue weighted by Crippen LogP contribution is 2.01. The molecular formula is C12H21O2P. The van der Waals surface area contributed by atoms with Crippen LogP contribution in [0.15, 0.2) is 30.3 Å². The molecule has 1 atom stereocenters. The van der Waals surface area contributed by atoms with Gasteiger partial charge in [0.15, 0.2) is 0 Å². The Kier molecular flexibility index (Phi) is 9.81. The van der Waals surface area contributed by atoms with E-state index in [1.54, 1.807) is 0 Å². The molecule has 0 heterocycles. The van der Waals surface area contributed by atoms with Gasteiger partial charge in [0.25, 0.3) is 0 Å². The molecule has 2 nitrogen and oxygen atoms in total. The molecule has 0 aliphatic carbocycles. The van der Waals surface area contributed by atoms with Gasteiger partial charge in [0.1, 0.15) is 6.61 Å². The third-order valence-corrected chi connectivity index (χ3v) is 1.98. The molecule has 1 aromatic rings. The minimum absolute atomic E-state index is 0. The van der Waals surface area contributed by atoms with E-state index in [0.29, 0.717) is 13.2 Å². The summed E-state index contributed by atoms with van der Waals surface area (Å²) in [6.45, 7) is 3.40. The van der Waals surface area contributed by atoms with E-state index >= 15 is 0 Å². The summed E-state index contributed by atoms with van der Waals surface area (Å²) in [6.07, 6.45) is 3.49. The highest BCUT2D eigenvalue weighted by molar-refractivity contribution is 6.92. The van der Waals surface area contributed by atoms with Crippen LogP contribution in [-0.4, -0.2) is 6.61 Å². The Morgan fingerprint density at radius 1 is 1.00 bits per heavy atom. The van der Waals surface area contributed by atoms with Crippen LogP contribution in [0.4, 0.5) is 0 Å². The molecule has 1 unspecified atom stereocenters. The lowest BCUT2D eigenvalue weighted by Crippen LogP contribution is -1.97. The maximum absolute atomic E-state index is 5.07. The van der Waals surface area contributed by atoms with Crippen LogP contribution in [0.1, 0.15) is 31.7 Å². The van der Waals surface area contributed by atoms with E-state index in [1.807, 2.05) is 30.3 Å². The molecule has 0 aromatic heterocycles. The predicted octanol–water partition coefficient (Wildman–Crippen LogP) is 3.38. The summed E-state index contributed by atoms with van der Waals surface area (Å²) in [6, 6.07) is 10.0. The number of hydrogen-bond donors (Lipinski definition) is 0. The van der Waals surface area contributed by atoms with E-state index in [-0.39, 0.29) is 9.90 Å². The van der Waals surface area contributed by atoms with Gasteiger partial charge in [0.05, 0.1) is 6.61 Å². The molecule has 1 aromatic carbocycles. The Labute approximate surface area is 95.5 Å². The van der Waals surface area contributed by atoms with Crippen LogP contribution in [0.3, 0.4) is 0 Å². The second-order valence-corrected chi connectivity index (χ2v) is 3.28. The van der Waals surface area contributed by atoms with Crippen molar-refractivity contribution in [2.24, 2.45) is 0 Å². The van der Waals surface area contributed by atoms with Gasteiger partial charge in [-0.25, -0.2) is 9.78 Å². The van der Waals surface area contributed by atoms with Crippen molar-refractivity contribution < 1.29 is 9.78 Å². The molecule has 86 valence electrons. The molecule has 15 heavy (non-hydrogen) atoms. The quantitative estimate of drug-likeness (QED) is 0.308. The minimum Gasteiger partial charge on any atom is -0.236 e. The van der Waals surface area contributed by atoms with Gasteiger partial charge in [-0.05, 0) is 12.0 Å². The van der Waals surface area contributed by atoms with Crippen molar-refractivity contribution in [3.05, 3.63) is 35.9 Å². The zero-order valence-corrected chi connectivity index (χ0v) is 10.9. The first kappa shape index (κ1) is 14.6. The summed E-state index contributed by atoms with van der Waals surface area (Å²) in [7, 11) is 0. The van der Waals surface area contributed by atoms with Crippen molar-refractivity contribution in [1.82, 2.24) is 0 Å². The van der Waals surface area contributed by atoms with Crippen molar-refractivity contribution in [2.45, 2.75) is 32.8 Å². The highest BCUT2D eigenvalue weighted by Gasteiger charge is 1.92. The molecule has 0 aliphatic heterocycles. The van der Waals surface area contributed by atoms with Crippen LogP contribution in [0, 0.1) is 0 Å². The predicted molar refractivity (Wildman–Crippen MR) is 67.8 cm³/mol. The number of unbranched alkanes of at least 4 members (excludes halogenated alkanes) is 2. The van der Waals surface area contributed by atoms with E-state index in [0.717, 1.165) is 12.0 Å². The second kappa shape index (κ2) is 10.1. The van der Waals surface area contributed by atoms with Gasteiger partial charge in [0, 0.05) is 0 Å². The second-order valence-electron chi connectivity index (χ2n) is 3.28. The van der Waals surface area contributed by atoms with Crippen LogP contribution in [-0.2, 0) is 16.4 Å². The van der Waals surface area contributed by atoms with E-state index in [4.69, 9.17) is 9.78 Å². The van der Waals surface area contributed by atoms with Crippen LogP contribution in [0.25, 0.3) is 0 Å². The van der Waals surface area contributed by atoms with E-state index < -0.39 is 0 Å². The molecular weight excluding hydrogens is 207 g/mol. The third-order valence-electron chi connectivity index (χ3n) is 1.98. The minimum atomic E-state index is 0. The lowest BCUT2D eigenvalue weighted by molar-refractivity contribution is -0.304. The Hall–Kier alpha value is -0.430. The molecule has 0 amide bonds. The molecule has 0 fully saturated rings. The molecule has 0 radical (unpaired) electrons. The normalized spacial score (nSPS) is 9.67. The summed E-state index contributed by atoms with van der Waals surface area (Å²) >= 11 is 0. The molecule has 0 N–H and O–H groups in total. The van der Waals surface area contributed by atoms with E-state index in [1.165, 1.54) is 12.8 Å². The molecule has 3 heteroatoms. The van der Waals surface area contributed by atoms with Gasteiger partial charge in [0.2, 0.25) is 0 Å². The fourth-order valence-electron chi connectivity index (χ4n) is 1.15. The molecule has 1 rings (SSSR count). The SMILES string of the molecule is CCCCCOOCc1ccccc1.P. The summed E-state index contributed by atoms with van der Waals surface area (Å²) in [5.41, 5.74) is 1.14. The Morgan fingerprint density at radius 2 is 1.73 bits per heavy atom. The fourth-order valence-corrected chi connectivity index (χ4v) is 1.15. The van der Waals surface area contributed by atoms with E-state index in [2.05, 4.69) is 6.92 Å². The van der Waals surface area contributed by atoms with Crippen molar-refractivity contribution in [3.63, 3.8) is 0 Å². The van der Waals surface area contributed by atoms with Crippen molar-refractivity contribution in [2.75, 3.05) is 6.61 Å². The first-order chi connectivity index (χ1) is 6.93. The van der Waals surface area contributed by atoms with Crippen LogP contribution >= 0.6 is 9.90 Å². The average Bonchev–Trinajstić information content (AvgIpc) is 2.25. The van der Waals surface area contributed by atoms with E-state index in [9.17, 15) is 0 Å². The molecule has 0 aliphatic rings. The lowest BCUT2D eigenvalue weighted by atomic mass is 10.2. The number of benzene rings is 1. The zero-order valence-electron chi connectivity index (χ0n) is 9.45. The summed E-state index contributed by atoms with van der Waals surface area (Å²) in [5, 5.41) is 0. The third kappa shape index (κ3) is 7.49. The lowest BCUT2D eigenvalue weighted by Gasteiger charge is -2.03. The standard InChI is InChI=1S/C12H18O2.H3P/c1-2-3-7-10-13-14-11-12-8-5-4-6-9-12;/h4-6,8-9H,2-3,7,10-11H2,1H3;1H3. The van der Waals surface area contributed by atoms with Gasteiger partial charge >= 0.3 is 0 Å². The Morgan fingerprint density at radius 3 is 2.40 bits per heavy atom. The van der Waals surface area contributed by atoms with Gasteiger partial charge in [-0.1, -0.05) is 50.1 Å². The molecule has 0 spiro atoms. The number of rotatable bonds is 7. The first-order valence-electron chi connectivity index (χ1n) is 5.22. The van der Waals surface area contributed by atoms with Gasteiger partial charge in [-0.15, -0.1) is 0 Å². The summed E-state index contributed by atoms with van der Waals surface area (Å²) in [4.78, 5) is 10.1. The smallest absolute Gasteiger partial charge is 0.107 e. The van der Waals surface area contributed by atoms with Gasteiger partial charge in [-0.2, -0.15) is 9.90 Å². The van der Waals surface area contributed by atoms with Crippen molar-refractivity contribution in [1.29, 1.82) is 0 Å². The monoisotopic (exact) mass is 228 g/mol. The van der Waals surface area contributed by atoms with Crippen molar-refractivity contribution >= 4 is 9.90 Å². The molecule has 0 saturated heterocycles. The van der Waals surface area contributed by atoms with Crippen molar-refractivity contribution in [3.8, 4) is 0 Å². The Balaban J connectivity index is 0.00000196. The molecule has 0 bridgehead atoms. The highest BCUT2D eigenvalue weighted by atomic mass is 31.0. The topological polar surface area (TPSA) is 18.5 Å². The summed E-state index contributed by atoms with van der Waals surface area (Å²) in [5.74, 6) is 0. The van der Waals surface area contributed by atoms with Crippen LogP contribution in [0.5, 0.6) is 0 Å². The maximum Gasteiger partial charge on any atom is 0.107 e. The maximum atomic E-state index is 5.07. The Bertz CT molecular complexity index is 226. The van der Waals surface area contributed by atoms with Crippen LogP contribution < -0.4 is 0 Å². The number of hydrogen-bond acceptors (Lipinski definition) is 2.